The third-order valence-electron chi connectivity index (χ3n) is 3.23. The first-order chi connectivity index (χ1) is 9.04. The van der Waals surface area contributed by atoms with Crippen LogP contribution in [0.5, 0.6) is 5.88 Å². The van der Waals surface area contributed by atoms with Crippen molar-refractivity contribution in [3.05, 3.63) is 23.9 Å². The number of hydrogen-bond acceptors (Lipinski definition) is 4. The molecule has 1 fully saturated rings. The van der Waals surface area contributed by atoms with Gasteiger partial charge in [-0.05, 0) is 32.8 Å². The maximum absolute atomic E-state index is 12.0. The van der Waals surface area contributed by atoms with Crippen LogP contribution in [-0.4, -0.2) is 35.3 Å². The second kappa shape index (κ2) is 5.57. The highest BCUT2D eigenvalue weighted by atomic mass is 16.5. The van der Waals surface area contributed by atoms with Crippen molar-refractivity contribution < 1.29 is 14.6 Å². The molecule has 1 aromatic rings. The summed E-state index contributed by atoms with van der Waals surface area (Å²) in [6.45, 7) is 4.44. The first kappa shape index (κ1) is 13.8. The van der Waals surface area contributed by atoms with Crippen molar-refractivity contribution in [1.29, 1.82) is 0 Å². The van der Waals surface area contributed by atoms with E-state index < -0.39 is 0 Å². The molecule has 0 spiro atoms. The molecule has 2 N–H and O–H groups in total. The minimum atomic E-state index is -0.228. The number of amides is 1. The molecule has 0 atom stereocenters. The molecule has 0 saturated heterocycles. The molecule has 0 radical (unpaired) electrons. The van der Waals surface area contributed by atoms with Gasteiger partial charge in [-0.15, -0.1) is 0 Å². The van der Waals surface area contributed by atoms with E-state index in [0.717, 1.165) is 12.8 Å². The Balaban J connectivity index is 1.95. The molecule has 0 bridgehead atoms. The van der Waals surface area contributed by atoms with Gasteiger partial charge in [-0.25, -0.2) is 4.98 Å². The Labute approximate surface area is 113 Å². The molecule has 104 valence electrons. The van der Waals surface area contributed by atoms with Gasteiger partial charge in [0.05, 0.1) is 12.7 Å². The van der Waals surface area contributed by atoms with Crippen LogP contribution in [0.25, 0.3) is 0 Å². The van der Waals surface area contributed by atoms with Crippen LogP contribution in [0.3, 0.4) is 0 Å². The van der Waals surface area contributed by atoms with Crippen molar-refractivity contribution in [2.45, 2.75) is 32.8 Å². The van der Waals surface area contributed by atoms with Crippen LogP contribution in [-0.2, 0) is 0 Å². The average Bonchev–Trinajstić information content (AvgIpc) is 3.16. The van der Waals surface area contributed by atoms with E-state index in [2.05, 4.69) is 10.3 Å². The number of carbonyl (C=O) groups is 1. The van der Waals surface area contributed by atoms with Gasteiger partial charge in [0.15, 0.2) is 0 Å². The molecule has 1 saturated carbocycles. The predicted octanol–water partition coefficient (Wildman–Crippen LogP) is 1.37. The lowest BCUT2D eigenvalue weighted by atomic mass is 10.1. The van der Waals surface area contributed by atoms with Crippen molar-refractivity contribution in [2.24, 2.45) is 5.41 Å². The van der Waals surface area contributed by atoms with Crippen molar-refractivity contribution in [2.75, 3.05) is 13.2 Å². The van der Waals surface area contributed by atoms with Crippen LogP contribution in [0.2, 0.25) is 0 Å². The zero-order valence-corrected chi connectivity index (χ0v) is 11.3. The Morgan fingerprint density at radius 1 is 1.53 bits per heavy atom. The van der Waals surface area contributed by atoms with E-state index in [9.17, 15) is 9.90 Å². The van der Waals surface area contributed by atoms with Crippen molar-refractivity contribution in [1.82, 2.24) is 10.3 Å². The van der Waals surface area contributed by atoms with E-state index in [1.807, 2.05) is 13.8 Å². The zero-order chi connectivity index (χ0) is 13.9. The smallest absolute Gasteiger partial charge is 0.270 e. The van der Waals surface area contributed by atoms with Crippen LogP contribution in [0.15, 0.2) is 18.2 Å². The molecule has 1 aromatic heterocycles. The molecular formula is C14H20N2O3. The van der Waals surface area contributed by atoms with Gasteiger partial charge in [-0.1, -0.05) is 6.07 Å². The Bertz CT molecular complexity index is 456. The largest absolute Gasteiger partial charge is 0.475 e. The first-order valence-electron chi connectivity index (χ1n) is 6.57. The van der Waals surface area contributed by atoms with Crippen LogP contribution in [0.1, 0.15) is 37.2 Å². The van der Waals surface area contributed by atoms with Crippen molar-refractivity contribution >= 4 is 5.91 Å². The molecule has 2 rings (SSSR count). The van der Waals surface area contributed by atoms with E-state index in [-0.39, 0.29) is 24.0 Å². The molecular weight excluding hydrogens is 244 g/mol. The van der Waals surface area contributed by atoms with Gasteiger partial charge < -0.3 is 15.2 Å². The number of hydrogen-bond donors (Lipinski definition) is 2. The third kappa shape index (κ3) is 3.67. The molecule has 0 aliphatic heterocycles. The molecule has 1 aliphatic rings. The number of rotatable bonds is 6. The highest BCUT2D eigenvalue weighted by Crippen LogP contribution is 2.44. The molecule has 5 nitrogen and oxygen atoms in total. The minimum absolute atomic E-state index is 0.0231. The second-order valence-corrected chi connectivity index (χ2v) is 5.37. The predicted molar refractivity (Wildman–Crippen MR) is 71.1 cm³/mol. The topological polar surface area (TPSA) is 71.5 Å². The lowest BCUT2D eigenvalue weighted by molar-refractivity contribution is 0.0928. The van der Waals surface area contributed by atoms with E-state index in [1.165, 1.54) is 0 Å². The van der Waals surface area contributed by atoms with Crippen LogP contribution < -0.4 is 10.1 Å². The standard InChI is InChI=1S/C14H20N2O3/c1-10(2)19-12-5-3-4-11(16-12)13(18)15-8-14(9-17)6-7-14/h3-5,10,17H,6-9H2,1-2H3,(H,15,18). The number of nitrogens with one attached hydrogen (secondary N) is 1. The van der Waals surface area contributed by atoms with Crippen LogP contribution in [0, 0.1) is 5.41 Å². The van der Waals surface area contributed by atoms with E-state index in [4.69, 9.17) is 4.74 Å². The molecule has 0 aromatic carbocycles. The summed E-state index contributed by atoms with van der Waals surface area (Å²) in [7, 11) is 0. The fourth-order valence-electron chi connectivity index (χ4n) is 1.77. The molecule has 1 amide bonds. The summed E-state index contributed by atoms with van der Waals surface area (Å²) in [4.78, 5) is 16.1. The number of aromatic nitrogens is 1. The fraction of sp³-hybridized carbons (Fsp3) is 0.571. The zero-order valence-electron chi connectivity index (χ0n) is 11.3. The normalized spacial score (nSPS) is 16.2. The quantitative estimate of drug-likeness (QED) is 0.814. The van der Waals surface area contributed by atoms with Gasteiger partial charge in [-0.3, -0.25) is 4.79 Å². The van der Waals surface area contributed by atoms with Gasteiger partial charge in [0.1, 0.15) is 5.69 Å². The lowest BCUT2D eigenvalue weighted by Crippen LogP contribution is -2.32. The number of aliphatic hydroxyl groups excluding tert-OH is 1. The van der Waals surface area contributed by atoms with Crippen LogP contribution in [0.4, 0.5) is 0 Å². The van der Waals surface area contributed by atoms with E-state index >= 15 is 0 Å². The van der Waals surface area contributed by atoms with E-state index in [0.29, 0.717) is 18.1 Å². The minimum Gasteiger partial charge on any atom is -0.475 e. The summed E-state index contributed by atoms with van der Waals surface area (Å²) in [5, 5.41) is 12.0. The Morgan fingerprint density at radius 2 is 2.26 bits per heavy atom. The van der Waals surface area contributed by atoms with Crippen molar-refractivity contribution in [3.63, 3.8) is 0 Å². The number of pyridine rings is 1. The number of ether oxygens (including phenoxy) is 1. The molecule has 1 heterocycles. The third-order valence-corrected chi connectivity index (χ3v) is 3.23. The maximum atomic E-state index is 12.0. The van der Waals surface area contributed by atoms with Gasteiger partial charge in [0.25, 0.3) is 5.91 Å². The number of carbonyl (C=O) groups excluding carboxylic acids is 1. The van der Waals surface area contributed by atoms with Gasteiger partial charge in [0, 0.05) is 18.0 Å². The number of nitrogens with zero attached hydrogens (tertiary/aromatic N) is 1. The summed E-state index contributed by atoms with van der Waals surface area (Å²) < 4.78 is 5.45. The van der Waals surface area contributed by atoms with E-state index in [1.54, 1.807) is 18.2 Å². The SMILES string of the molecule is CC(C)Oc1cccc(C(=O)NCC2(CO)CC2)n1. The lowest BCUT2D eigenvalue weighted by Gasteiger charge is -2.13. The average molecular weight is 264 g/mol. The highest BCUT2D eigenvalue weighted by molar-refractivity contribution is 5.92. The highest BCUT2D eigenvalue weighted by Gasteiger charge is 2.42. The molecule has 5 heteroatoms. The second-order valence-electron chi connectivity index (χ2n) is 5.37. The molecule has 19 heavy (non-hydrogen) atoms. The fourth-order valence-corrected chi connectivity index (χ4v) is 1.77. The van der Waals surface area contributed by atoms with Gasteiger partial charge in [0.2, 0.25) is 5.88 Å². The van der Waals surface area contributed by atoms with Gasteiger partial charge >= 0.3 is 0 Å². The van der Waals surface area contributed by atoms with Gasteiger partial charge in [-0.2, -0.15) is 0 Å². The summed E-state index contributed by atoms with van der Waals surface area (Å²) in [5.41, 5.74) is 0.244. The summed E-state index contributed by atoms with van der Waals surface area (Å²) >= 11 is 0. The summed E-state index contributed by atoms with van der Waals surface area (Å²) in [6.07, 6.45) is 1.96. The Morgan fingerprint density at radius 3 is 2.84 bits per heavy atom. The summed E-state index contributed by atoms with van der Waals surface area (Å²) in [5.74, 6) is 0.222. The van der Waals surface area contributed by atoms with Crippen molar-refractivity contribution in [3.8, 4) is 5.88 Å². The molecule has 0 unspecified atom stereocenters. The van der Waals surface area contributed by atoms with Crippen LogP contribution >= 0.6 is 0 Å². The Kier molecular flexibility index (Phi) is 4.04. The maximum Gasteiger partial charge on any atom is 0.270 e. The first-order valence-corrected chi connectivity index (χ1v) is 6.57. The monoisotopic (exact) mass is 264 g/mol. The molecule has 1 aliphatic carbocycles. The summed E-state index contributed by atoms with van der Waals surface area (Å²) in [6, 6.07) is 5.13. The number of aliphatic hydroxyl groups is 1. The Hall–Kier alpha value is -1.62.